The van der Waals surface area contributed by atoms with Crippen molar-refractivity contribution in [1.29, 1.82) is 0 Å². The van der Waals surface area contributed by atoms with Crippen LogP contribution in [0.3, 0.4) is 0 Å². The number of hydrogen-bond acceptors (Lipinski definition) is 4. The SMILES string of the molecule is C=CCSc1nc2c(c(=O)n1CC)SCC2. The molecule has 0 fully saturated rings. The highest BCUT2D eigenvalue weighted by molar-refractivity contribution is 7.99. The van der Waals surface area contributed by atoms with Crippen LogP contribution in [0.2, 0.25) is 0 Å². The summed E-state index contributed by atoms with van der Waals surface area (Å²) in [6.45, 7) is 6.34. The number of aryl methyl sites for hydroxylation is 1. The molecule has 5 heteroatoms. The van der Waals surface area contributed by atoms with E-state index in [4.69, 9.17) is 0 Å². The van der Waals surface area contributed by atoms with Crippen LogP contribution in [0.25, 0.3) is 0 Å². The van der Waals surface area contributed by atoms with Crippen molar-refractivity contribution < 1.29 is 0 Å². The van der Waals surface area contributed by atoms with Crippen LogP contribution in [0, 0.1) is 0 Å². The highest BCUT2D eigenvalue weighted by Gasteiger charge is 2.20. The average Bonchev–Trinajstić information content (AvgIpc) is 2.75. The lowest BCUT2D eigenvalue weighted by molar-refractivity contribution is 0.597. The molecule has 0 saturated carbocycles. The summed E-state index contributed by atoms with van der Waals surface area (Å²) in [5, 5.41) is 0.827. The van der Waals surface area contributed by atoms with Gasteiger partial charge in [0.05, 0.1) is 10.6 Å². The Kier molecular flexibility index (Phi) is 3.76. The second-order valence-corrected chi connectivity index (χ2v) is 5.51. The Morgan fingerprint density at radius 3 is 3.19 bits per heavy atom. The molecule has 0 amide bonds. The molecule has 0 bridgehead atoms. The predicted octanol–water partition coefficient (Wildman–Crippen LogP) is 2.19. The zero-order valence-electron chi connectivity index (χ0n) is 9.23. The fourth-order valence-corrected chi connectivity index (χ4v) is 3.50. The fourth-order valence-electron chi connectivity index (χ4n) is 1.65. The topological polar surface area (TPSA) is 34.9 Å². The highest BCUT2D eigenvalue weighted by atomic mass is 32.2. The van der Waals surface area contributed by atoms with Crippen molar-refractivity contribution in [2.45, 2.75) is 29.9 Å². The third-order valence-corrected chi connectivity index (χ3v) is 4.47. The van der Waals surface area contributed by atoms with Gasteiger partial charge in [0.15, 0.2) is 5.16 Å². The Balaban J connectivity index is 2.48. The Hall–Kier alpha value is -0.680. The second-order valence-electron chi connectivity index (χ2n) is 3.42. The molecule has 0 aromatic carbocycles. The van der Waals surface area contributed by atoms with E-state index in [-0.39, 0.29) is 5.56 Å². The van der Waals surface area contributed by atoms with Crippen molar-refractivity contribution in [1.82, 2.24) is 9.55 Å². The molecule has 0 atom stereocenters. The first-order chi connectivity index (χ1) is 7.77. The zero-order chi connectivity index (χ0) is 11.5. The minimum absolute atomic E-state index is 0.126. The summed E-state index contributed by atoms with van der Waals surface area (Å²) in [6, 6.07) is 0. The number of thioether (sulfide) groups is 2. The molecule has 2 rings (SSSR count). The van der Waals surface area contributed by atoms with Gasteiger partial charge in [0.2, 0.25) is 0 Å². The quantitative estimate of drug-likeness (QED) is 0.469. The van der Waals surface area contributed by atoms with Crippen molar-refractivity contribution in [2.75, 3.05) is 11.5 Å². The second kappa shape index (κ2) is 5.10. The number of fused-ring (bicyclic) bond motifs is 1. The van der Waals surface area contributed by atoms with Crippen LogP contribution < -0.4 is 5.56 Å². The number of hydrogen-bond donors (Lipinski definition) is 0. The van der Waals surface area contributed by atoms with E-state index < -0.39 is 0 Å². The summed E-state index contributed by atoms with van der Waals surface area (Å²) >= 11 is 3.21. The lowest BCUT2D eigenvalue weighted by atomic mass is 10.3. The maximum absolute atomic E-state index is 12.1. The molecule has 0 saturated heterocycles. The lowest BCUT2D eigenvalue weighted by Crippen LogP contribution is -2.24. The third-order valence-electron chi connectivity index (χ3n) is 2.39. The van der Waals surface area contributed by atoms with Crippen molar-refractivity contribution in [3.05, 3.63) is 28.7 Å². The average molecular weight is 254 g/mol. The van der Waals surface area contributed by atoms with E-state index in [1.165, 1.54) is 0 Å². The zero-order valence-corrected chi connectivity index (χ0v) is 10.9. The Bertz CT molecular complexity index is 468. The molecule has 0 radical (unpaired) electrons. The first-order valence-corrected chi connectivity index (χ1v) is 7.25. The molecule has 1 aromatic rings. The van der Waals surface area contributed by atoms with Gasteiger partial charge >= 0.3 is 0 Å². The van der Waals surface area contributed by atoms with E-state index in [2.05, 4.69) is 11.6 Å². The van der Waals surface area contributed by atoms with E-state index in [0.717, 1.165) is 33.7 Å². The minimum atomic E-state index is 0.126. The molecule has 16 heavy (non-hydrogen) atoms. The largest absolute Gasteiger partial charge is 0.287 e. The minimum Gasteiger partial charge on any atom is -0.287 e. The van der Waals surface area contributed by atoms with Crippen LogP contribution in [0.1, 0.15) is 12.6 Å². The van der Waals surface area contributed by atoms with E-state index in [9.17, 15) is 4.79 Å². The molecular weight excluding hydrogens is 240 g/mol. The third kappa shape index (κ3) is 2.06. The standard InChI is InChI=1S/C11H14N2OS2/c1-3-6-16-11-12-8-5-7-15-9(8)10(14)13(11)4-2/h3H,1,4-7H2,2H3. The van der Waals surface area contributed by atoms with E-state index in [1.807, 2.05) is 13.0 Å². The number of rotatable bonds is 4. The van der Waals surface area contributed by atoms with Crippen LogP contribution in [0.15, 0.2) is 27.5 Å². The molecule has 0 unspecified atom stereocenters. The molecule has 0 N–H and O–H groups in total. The molecule has 0 spiro atoms. The molecule has 2 heterocycles. The summed E-state index contributed by atoms with van der Waals surface area (Å²) < 4.78 is 1.76. The van der Waals surface area contributed by atoms with E-state index >= 15 is 0 Å². The monoisotopic (exact) mass is 254 g/mol. The highest BCUT2D eigenvalue weighted by Crippen LogP contribution is 2.28. The first-order valence-electron chi connectivity index (χ1n) is 5.28. The molecular formula is C11H14N2OS2. The summed E-state index contributed by atoms with van der Waals surface area (Å²) in [7, 11) is 0. The predicted molar refractivity (Wildman–Crippen MR) is 69.5 cm³/mol. The van der Waals surface area contributed by atoms with E-state index in [1.54, 1.807) is 28.1 Å². The van der Waals surface area contributed by atoms with Gasteiger partial charge in [-0.15, -0.1) is 18.3 Å². The Labute approximate surface area is 103 Å². The number of nitrogens with zero attached hydrogens (tertiary/aromatic N) is 2. The van der Waals surface area contributed by atoms with E-state index in [0.29, 0.717) is 6.54 Å². The van der Waals surface area contributed by atoms with Crippen LogP contribution in [0.5, 0.6) is 0 Å². The van der Waals surface area contributed by atoms with Gasteiger partial charge in [-0.1, -0.05) is 17.8 Å². The molecule has 3 nitrogen and oxygen atoms in total. The smallest absolute Gasteiger partial charge is 0.268 e. The van der Waals surface area contributed by atoms with Gasteiger partial charge < -0.3 is 0 Å². The Morgan fingerprint density at radius 1 is 1.69 bits per heavy atom. The summed E-state index contributed by atoms with van der Waals surface area (Å²) in [4.78, 5) is 17.6. The normalized spacial score (nSPS) is 13.8. The maximum atomic E-state index is 12.1. The summed E-state index contributed by atoms with van der Waals surface area (Å²) in [5.41, 5.74) is 1.10. The molecule has 1 aromatic heterocycles. The fraction of sp³-hybridized carbons (Fsp3) is 0.455. The lowest BCUT2D eigenvalue weighted by Gasteiger charge is -2.10. The van der Waals surface area contributed by atoms with Gasteiger partial charge in [0.25, 0.3) is 5.56 Å². The van der Waals surface area contributed by atoms with Crippen LogP contribution in [0.4, 0.5) is 0 Å². The molecule has 1 aliphatic heterocycles. The maximum Gasteiger partial charge on any atom is 0.268 e. The van der Waals surface area contributed by atoms with Crippen molar-refractivity contribution in [3.63, 3.8) is 0 Å². The van der Waals surface area contributed by atoms with Crippen LogP contribution >= 0.6 is 23.5 Å². The summed E-state index contributed by atoms with van der Waals surface area (Å²) in [6.07, 6.45) is 2.75. The summed E-state index contributed by atoms with van der Waals surface area (Å²) in [5.74, 6) is 1.77. The van der Waals surface area contributed by atoms with Crippen molar-refractivity contribution in [2.24, 2.45) is 0 Å². The molecule has 1 aliphatic rings. The molecule has 0 aliphatic carbocycles. The first kappa shape index (κ1) is 11.8. The molecule has 86 valence electrons. The van der Waals surface area contributed by atoms with Crippen LogP contribution in [-0.4, -0.2) is 21.1 Å². The van der Waals surface area contributed by atoms with Gasteiger partial charge in [-0.2, -0.15) is 0 Å². The van der Waals surface area contributed by atoms with Crippen molar-refractivity contribution >= 4 is 23.5 Å². The van der Waals surface area contributed by atoms with Gasteiger partial charge in [-0.3, -0.25) is 9.36 Å². The Morgan fingerprint density at radius 2 is 2.50 bits per heavy atom. The van der Waals surface area contributed by atoms with Crippen LogP contribution in [-0.2, 0) is 13.0 Å². The van der Waals surface area contributed by atoms with Gasteiger partial charge in [-0.25, -0.2) is 4.98 Å². The van der Waals surface area contributed by atoms with Gasteiger partial charge in [-0.05, 0) is 6.92 Å². The van der Waals surface area contributed by atoms with Gasteiger partial charge in [0.1, 0.15) is 0 Å². The van der Waals surface area contributed by atoms with Gasteiger partial charge in [0, 0.05) is 24.5 Å². The van der Waals surface area contributed by atoms with Crippen molar-refractivity contribution in [3.8, 4) is 0 Å². The number of aromatic nitrogens is 2.